The number of anilines is 1. The number of hydrogen-bond donors (Lipinski definition) is 1. The molecule has 174 valence electrons. The molecule has 3 aromatic rings. The van der Waals surface area contributed by atoms with E-state index in [1.54, 1.807) is 6.07 Å². The van der Waals surface area contributed by atoms with Gasteiger partial charge in [0.1, 0.15) is 9.57 Å². The molecule has 5 nitrogen and oxygen atoms in total. The van der Waals surface area contributed by atoms with Gasteiger partial charge in [-0.25, -0.2) is 0 Å². The van der Waals surface area contributed by atoms with Gasteiger partial charge in [-0.1, -0.05) is 76.3 Å². The van der Waals surface area contributed by atoms with Crippen LogP contribution in [0.15, 0.2) is 82.1 Å². The summed E-state index contributed by atoms with van der Waals surface area (Å²) in [5, 5.41) is 2.57. The Kier molecular flexibility index (Phi) is 6.90. The van der Waals surface area contributed by atoms with E-state index in [2.05, 4.69) is 32.2 Å². The van der Waals surface area contributed by atoms with Crippen LogP contribution in [0.1, 0.15) is 28.8 Å². The van der Waals surface area contributed by atoms with Crippen LogP contribution in [-0.2, 0) is 11.3 Å². The number of likely N-dealkylation sites (tertiary alicyclic amines) is 1. The summed E-state index contributed by atoms with van der Waals surface area (Å²) in [4.78, 5) is 27.9. The Morgan fingerprint density at radius 2 is 1.76 bits per heavy atom. The zero-order valence-electron chi connectivity index (χ0n) is 18.4. The van der Waals surface area contributed by atoms with Gasteiger partial charge in [-0.15, -0.1) is 0 Å². The second-order valence-corrected chi connectivity index (χ2v) is 11.4. The summed E-state index contributed by atoms with van der Waals surface area (Å²) in [5.74, 6) is 0.540. The van der Waals surface area contributed by atoms with E-state index in [0.29, 0.717) is 5.92 Å². The fraction of sp³-hybridized carbons (Fsp3) is 0.269. The van der Waals surface area contributed by atoms with Gasteiger partial charge >= 0.3 is 0 Å². The first-order valence-corrected chi connectivity index (χ1v) is 13.3. The summed E-state index contributed by atoms with van der Waals surface area (Å²) in [6.45, 7) is 2.29. The normalized spacial score (nSPS) is 19.7. The van der Waals surface area contributed by atoms with Crippen LogP contribution in [0.3, 0.4) is 0 Å². The number of hydrogen-bond acceptors (Lipinski definition) is 4. The molecule has 34 heavy (non-hydrogen) atoms. The van der Waals surface area contributed by atoms with E-state index in [0.717, 1.165) is 51.8 Å². The van der Waals surface area contributed by atoms with Crippen molar-refractivity contribution in [2.24, 2.45) is 5.92 Å². The molecule has 0 saturated carbocycles. The Morgan fingerprint density at radius 3 is 2.53 bits per heavy atom. The minimum absolute atomic E-state index is 0.0753. The van der Waals surface area contributed by atoms with E-state index in [9.17, 15) is 9.59 Å². The van der Waals surface area contributed by atoms with E-state index in [4.69, 9.17) is 12.2 Å². The summed E-state index contributed by atoms with van der Waals surface area (Å²) in [6.07, 6.45) is 1.07. The van der Waals surface area contributed by atoms with Crippen molar-refractivity contribution in [3.63, 3.8) is 0 Å². The number of benzene rings is 2. The Labute approximate surface area is 216 Å². The number of aromatic nitrogens is 1. The topological polar surface area (TPSA) is 54.3 Å². The highest BCUT2D eigenvalue weighted by atomic mass is 79.9. The lowest BCUT2D eigenvalue weighted by atomic mass is 9.83. The number of nitrogens with one attached hydrogen (secondary N) is 1. The van der Waals surface area contributed by atoms with Gasteiger partial charge in [0.2, 0.25) is 5.91 Å². The second kappa shape index (κ2) is 10.1. The van der Waals surface area contributed by atoms with Crippen LogP contribution >= 0.6 is 39.9 Å². The first-order chi connectivity index (χ1) is 16.5. The number of nitrogens with zero attached hydrogens (tertiary/aromatic N) is 2. The van der Waals surface area contributed by atoms with Gasteiger partial charge in [-0.3, -0.25) is 9.59 Å². The Hall–Kier alpha value is -2.42. The van der Waals surface area contributed by atoms with Crippen LogP contribution in [-0.4, -0.2) is 32.8 Å². The average Bonchev–Trinajstić information content (AvgIpc) is 2.85. The second-order valence-electron chi connectivity index (χ2n) is 8.77. The van der Waals surface area contributed by atoms with Crippen molar-refractivity contribution in [1.82, 2.24) is 9.47 Å². The number of fused-ring (bicyclic) bond motifs is 4. The molecule has 1 fully saturated rings. The van der Waals surface area contributed by atoms with E-state index in [-0.39, 0.29) is 17.4 Å². The number of thiocarbonyl (C=S) groups is 1. The van der Waals surface area contributed by atoms with Gasteiger partial charge in [0.15, 0.2) is 0 Å². The molecule has 8 heteroatoms. The maximum absolute atomic E-state index is 13.4. The lowest BCUT2D eigenvalue weighted by Crippen LogP contribution is -2.48. The van der Waals surface area contributed by atoms with E-state index >= 15 is 0 Å². The van der Waals surface area contributed by atoms with Crippen LogP contribution in [0.25, 0.3) is 0 Å². The maximum Gasteiger partial charge on any atom is 0.250 e. The van der Waals surface area contributed by atoms with Gasteiger partial charge < -0.3 is 14.8 Å². The molecule has 0 radical (unpaired) electrons. The molecule has 5 rings (SSSR count). The molecule has 3 atom stereocenters. The number of carbonyl (C=O) groups excluding carboxylic acids is 1. The third kappa shape index (κ3) is 4.99. The zero-order valence-corrected chi connectivity index (χ0v) is 21.6. The predicted molar refractivity (Wildman–Crippen MR) is 145 cm³/mol. The summed E-state index contributed by atoms with van der Waals surface area (Å²) in [5.41, 5.74) is 2.83. The van der Waals surface area contributed by atoms with E-state index < -0.39 is 5.25 Å². The van der Waals surface area contributed by atoms with E-state index in [1.165, 1.54) is 11.8 Å². The summed E-state index contributed by atoms with van der Waals surface area (Å²) in [6, 6.07) is 22.9. The molecule has 0 spiro atoms. The van der Waals surface area contributed by atoms with Crippen LogP contribution in [0, 0.1) is 5.92 Å². The third-order valence-electron chi connectivity index (χ3n) is 6.41. The molecule has 1 aromatic heterocycles. The van der Waals surface area contributed by atoms with Gasteiger partial charge in [0.05, 0.1) is 0 Å². The fourth-order valence-electron chi connectivity index (χ4n) is 4.86. The number of piperidine rings is 1. The van der Waals surface area contributed by atoms with Crippen LogP contribution < -0.4 is 10.9 Å². The fourth-order valence-corrected chi connectivity index (χ4v) is 6.52. The first kappa shape index (κ1) is 23.3. The quantitative estimate of drug-likeness (QED) is 0.436. The SMILES string of the molecule is O=C(Nc1ccc(Br)cc1)[C@H](SC(=S)N1C[C@@H]2C[C@@H](C1)c1cccc(=O)n1C2)c1ccccc1. The molecule has 0 unspecified atom stereocenters. The minimum atomic E-state index is -0.464. The van der Waals surface area contributed by atoms with Crippen LogP contribution in [0.2, 0.25) is 0 Å². The predicted octanol–water partition coefficient (Wildman–Crippen LogP) is 5.43. The molecule has 2 aliphatic heterocycles. The monoisotopic (exact) mass is 553 g/mol. The molecule has 1 amide bonds. The summed E-state index contributed by atoms with van der Waals surface area (Å²) >= 11 is 10.7. The van der Waals surface area contributed by atoms with Crippen molar-refractivity contribution >= 4 is 55.8 Å². The smallest absolute Gasteiger partial charge is 0.250 e. The lowest BCUT2D eigenvalue weighted by Gasteiger charge is -2.43. The number of amides is 1. The van der Waals surface area contributed by atoms with E-state index in [1.807, 2.05) is 65.2 Å². The zero-order chi connectivity index (χ0) is 23.7. The van der Waals surface area contributed by atoms with Crippen molar-refractivity contribution in [2.75, 3.05) is 18.4 Å². The van der Waals surface area contributed by atoms with Gasteiger partial charge in [-0.2, -0.15) is 0 Å². The standard InChI is InChI=1S/C26H24BrN3O2S2/c27-20-9-11-21(12-10-20)28-25(32)24(18-5-2-1-3-6-18)34-26(33)29-14-17-13-19(16-29)22-7-4-8-23(31)30(22)15-17/h1-12,17,19,24H,13-16H2,(H,28,32)/t17-,19-,24+/m0/s1. The Bertz CT molecular complexity index is 1260. The Balaban J connectivity index is 1.34. The highest BCUT2D eigenvalue weighted by Crippen LogP contribution is 2.39. The summed E-state index contributed by atoms with van der Waals surface area (Å²) < 4.78 is 3.60. The minimum Gasteiger partial charge on any atom is -0.356 e. The number of rotatable bonds is 4. The maximum atomic E-state index is 13.4. The average molecular weight is 555 g/mol. The first-order valence-electron chi connectivity index (χ1n) is 11.2. The van der Waals surface area contributed by atoms with Crippen LogP contribution in [0.4, 0.5) is 5.69 Å². The number of carbonyl (C=O) groups is 1. The van der Waals surface area contributed by atoms with Gasteiger partial charge in [-0.05, 0) is 48.2 Å². The summed E-state index contributed by atoms with van der Waals surface area (Å²) in [7, 11) is 0. The molecular weight excluding hydrogens is 530 g/mol. The molecule has 2 aliphatic rings. The molecule has 0 aliphatic carbocycles. The van der Waals surface area contributed by atoms with Crippen molar-refractivity contribution in [3.8, 4) is 0 Å². The van der Waals surface area contributed by atoms with Crippen molar-refractivity contribution in [3.05, 3.63) is 98.9 Å². The van der Waals surface area contributed by atoms with Gasteiger partial charge in [0.25, 0.3) is 5.56 Å². The van der Waals surface area contributed by atoms with Crippen molar-refractivity contribution in [2.45, 2.75) is 24.1 Å². The molecule has 1 saturated heterocycles. The number of thioether (sulfide) groups is 1. The van der Waals surface area contributed by atoms with Crippen molar-refractivity contribution in [1.29, 1.82) is 0 Å². The third-order valence-corrected chi connectivity index (χ3v) is 8.67. The molecule has 2 aromatic carbocycles. The number of halogens is 1. The molecule has 3 heterocycles. The molecule has 2 bridgehead atoms. The van der Waals surface area contributed by atoms with Crippen molar-refractivity contribution < 1.29 is 4.79 Å². The van der Waals surface area contributed by atoms with Gasteiger partial charge in [0, 0.05) is 47.5 Å². The Morgan fingerprint density at radius 1 is 1.00 bits per heavy atom. The molecular formula is C26H24BrN3O2S2. The highest BCUT2D eigenvalue weighted by Gasteiger charge is 2.36. The highest BCUT2D eigenvalue weighted by molar-refractivity contribution is 9.10. The number of pyridine rings is 1. The largest absolute Gasteiger partial charge is 0.356 e. The lowest BCUT2D eigenvalue weighted by molar-refractivity contribution is -0.115. The van der Waals surface area contributed by atoms with Crippen LogP contribution in [0.5, 0.6) is 0 Å². The molecule has 1 N–H and O–H groups in total.